The van der Waals surface area contributed by atoms with Crippen LogP contribution in [0.15, 0.2) is 66.7 Å². The standard InChI is InChI=1S/C26H28ClNO3/c1-17(2)23-14-28(26(29)30)15-24(25(23)20-9-11-22(27)12-10-20)31-16-18-7-8-19-5-3-4-6-21(19)13-18/h3-13,17,23-25H,14-16H2,1-2H3,(H,29,30)/p-1. The van der Waals surface area contributed by atoms with E-state index in [1.54, 1.807) is 0 Å². The summed E-state index contributed by atoms with van der Waals surface area (Å²) in [5, 5.41) is 14.8. The van der Waals surface area contributed by atoms with Crippen LogP contribution in [-0.2, 0) is 11.3 Å². The summed E-state index contributed by atoms with van der Waals surface area (Å²) in [6, 6.07) is 22.4. The highest BCUT2D eigenvalue weighted by atomic mass is 35.5. The summed E-state index contributed by atoms with van der Waals surface area (Å²) in [6.07, 6.45) is -1.41. The molecule has 162 valence electrons. The lowest BCUT2D eigenvalue weighted by Gasteiger charge is -2.46. The van der Waals surface area contributed by atoms with E-state index >= 15 is 0 Å². The van der Waals surface area contributed by atoms with E-state index in [0.29, 0.717) is 24.7 Å². The van der Waals surface area contributed by atoms with E-state index in [9.17, 15) is 9.90 Å². The Morgan fingerprint density at radius 2 is 1.77 bits per heavy atom. The SMILES string of the molecule is CC(C)C1CN(C(=O)[O-])CC(OCc2ccc3ccccc3c2)C1c1ccc(Cl)cc1. The number of likely N-dealkylation sites (tertiary alicyclic amines) is 1. The van der Waals surface area contributed by atoms with Crippen LogP contribution in [0.25, 0.3) is 10.8 Å². The van der Waals surface area contributed by atoms with Gasteiger partial charge < -0.3 is 19.5 Å². The van der Waals surface area contributed by atoms with E-state index in [4.69, 9.17) is 16.3 Å². The smallest absolute Gasteiger partial charge is 0.137 e. The molecule has 3 aromatic carbocycles. The monoisotopic (exact) mass is 436 g/mol. The van der Waals surface area contributed by atoms with E-state index < -0.39 is 6.09 Å². The summed E-state index contributed by atoms with van der Waals surface area (Å²) >= 11 is 6.11. The molecule has 0 spiro atoms. The number of hydrogen-bond donors (Lipinski definition) is 0. The van der Waals surface area contributed by atoms with Crippen LogP contribution in [0.2, 0.25) is 5.02 Å². The first-order valence-electron chi connectivity index (χ1n) is 10.7. The first-order valence-corrected chi connectivity index (χ1v) is 11.1. The maximum absolute atomic E-state index is 11.7. The number of hydrogen-bond acceptors (Lipinski definition) is 3. The molecule has 0 N–H and O–H groups in total. The second-order valence-electron chi connectivity index (χ2n) is 8.69. The molecule has 3 atom stereocenters. The molecule has 1 fully saturated rings. The number of carbonyl (C=O) groups is 1. The van der Waals surface area contributed by atoms with Gasteiger partial charge in [0.2, 0.25) is 0 Å². The number of piperidine rings is 1. The number of ether oxygens (including phenoxy) is 1. The molecule has 0 bridgehead atoms. The molecular formula is C26H27ClNO3-. The fraction of sp³-hybridized carbons (Fsp3) is 0.346. The van der Waals surface area contributed by atoms with E-state index in [1.807, 2.05) is 36.4 Å². The highest BCUT2D eigenvalue weighted by Crippen LogP contribution is 2.39. The molecule has 4 nitrogen and oxygen atoms in total. The minimum absolute atomic E-state index is 0.0772. The van der Waals surface area contributed by atoms with Gasteiger partial charge in [0.1, 0.15) is 6.09 Å². The molecule has 3 unspecified atom stereocenters. The largest absolute Gasteiger partial charge is 0.530 e. The van der Waals surface area contributed by atoms with E-state index in [2.05, 4.69) is 44.2 Å². The fourth-order valence-electron chi connectivity index (χ4n) is 4.66. The summed E-state index contributed by atoms with van der Waals surface area (Å²) in [5.41, 5.74) is 2.20. The van der Waals surface area contributed by atoms with Crippen LogP contribution in [0.1, 0.15) is 30.9 Å². The number of amides is 1. The Labute approximate surface area is 188 Å². The average Bonchev–Trinajstić information content (AvgIpc) is 2.77. The van der Waals surface area contributed by atoms with Crippen molar-refractivity contribution < 1.29 is 14.6 Å². The molecule has 5 heteroatoms. The van der Waals surface area contributed by atoms with Crippen LogP contribution in [-0.4, -0.2) is 30.2 Å². The Kier molecular flexibility index (Phi) is 6.49. The number of carboxylic acid groups (broad SMARTS) is 1. The second kappa shape index (κ2) is 9.29. The van der Waals surface area contributed by atoms with Gasteiger partial charge in [0.05, 0.1) is 12.7 Å². The van der Waals surface area contributed by atoms with Crippen molar-refractivity contribution >= 4 is 28.5 Å². The van der Waals surface area contributed by atoms with Crippen LogP contribution < -0.4 is 5.11 Å². The zero-order valence-corrected chi connectivity index (χ0v) is 18.6. The van der Waals surface area contributed by atoms with Crippen LogP contribution in [0.4, 0.5) is 4.79 Å². The molecule has 3 aromatic rings. The lowest BCUT2D eigenvalue weighted by atomic mass is 9.73. The van der Waals surface area contributed by atoms with Gasteiger partial charge in [-0.05, 0) is 51.9 Å². The zero-order chi connectivity index (χ0) is 22.0. The fourth-order valence-corrected chi connectivity index (χ4v) is 4.78. The Morgan fingerprint density at radius 1 is 1.06 bits per heavy atom. The minimum Gasteiger partial charge on any atom is -0.530 e. The molecule has 1 amide bonds. The molecule has 1 saturated heterocycles. The van der Waals surface area contributed by atoms with Crippen LogP contribution in [0.5, 0.6) is 0 Å². The number of rotatable bonds is 5. The van der Waals surface area contributed by atoms with Crippen molar-refractivity contribution in [1.82, 2.24) is 4.90 Å². The number of benzene rings is 3. The number of fused-ring (bicyclic) bond motifs is 1. The minimum atomic E-state index is -1.14. The molecule has 31 heavy (non-hydrogen) atoms. The van der Waals surface area contributed by atoms with Crippen molar-refractivity contribution in [3.63, 3.8) is 0 Å². The van der Waals surface area contributed by atoms with Gasteiger partial charge >= 0.3 is 0 Å². The molecular weight excluding hydrogens is 410 g/mol. The van der Waals surface area contributed by atoms with Gasteiger partial charge in [0, 0.05) is 24.0 Å². The third kappa shape index (κ3) is 4.86. The lowest BCUT2D eigenvalue weighted by Crippen LogP contribution is -2.55. The van der Waals surface area contributed by atoms with Crippen LogP contribution in [0.3, 0.4) is 0 Å². The number of halogens is 1. The summed E-state index contributed by atoms with van der Waals surface area (Å²) in [7, 11) is 0. The van der Waals surface area contributed by atoms with Gasteiger partial charge in [0.25, 0.3) is 0 Å². The topological polar surface area (TPSA) is 52.6 Å². The van der Waals surface area contributed by atoms with Crippen molar-refractivity contribution in [1.29, 1.82) is 0 Å². The van der Waals surface area contributed by atoms with Gasteiger partial charge in [-0.25, -0.2) is 0 Å². The summed E-state index contributed by atoms with van der Waals surface area (Å²) in [4.78, 5) is 13.1. The molecule has 4 rings (SSSR count). The number of carbonyl (C=O) groups excluding carboxylic acids is 1. The first kappa shape index (κ1) is 21.7. The van der Waals surface area contributed by atoms with Crippen molar-refractivity contribution in [2.24, 2.45) is 11.8 Å². The highest BCUT2D eigenvalue weighted by molar-refractivity contribution is 6.30. The molecule has 1 aliphatic rings. The third-order valence-corrected chi connectivity index (χ3v) is 6.59. The van der Waals surface area contributed by atoms with Crippen molar-refractivity contribution in [3.8, 4) is 0 Å². The van der Waals surface area contributed by atoms with Crippen molar-refractivity contribution in [2.75, 3.05) is 13.1 Å². The lowest BCUT2D eigenvalue weighted by molar-refractivity contribution is -0.270. The van der Waals surface area contributed by atoms with Gasteiger partial charge in [-0.15, -0.1) is 0 Å². The molecule has 0 radical (unpaired) electrons. The predicted molar refractivity (Wildman–Crippen MR) is 122 cm³/mol. The summed E-state index contributed by atoms with van der Waals surface area (Å²) in [5.74, 6) is 0.484. The predicted octanol–water partition coefficient (Wildman–Crippen LogP) is 5.09. The highest BCUT2D eigenvalue weighted by Gasteiger charge is 2.40. The van der Waals surface area contributed by atoms with Gasteiger partial charge in [0.15, 0.2) is 0 Å². The Balaban J connectivity index is 1.62. The Morgan fingerprint density at radius 3 is 2.45 bits per heavy atom. The Bertz CT molecular complexity index is 1050. The summed E-state index contributed by atoms with van der Waals surface area (Å²) < 4.78 is 6.41. The first-order chi connectivity index (χ1) is 14.9. The van der Waals surface area contributed by atoms with Gasteiger partial charge in [-0.2, -0.15) is 0 Å². The zero-order valence-electron chi connectivity index (χ0n) is 17.8. The molecule has 0 saturated carbocycles. The van der Waals surface area contributed by atoms with Gasteiger partial charge in [-0.1, -0.05) is 74.0 Å². The van der Waals surface area contributed by atoms with Crippen LogP contribution >= 0.6 is 11.6 Å². The van der Waals surface area contributed by atoms with E-state index in [1.165, 1.54) is 10.3 Å². The normalized spacial score (nSPS) is 21.5. The van der Waals surface area contributed by atoms with Crippen molar-refractivity contribution in [3.05, 3.63) is 82.9 Å². The quantitative estimate of drug-likeness (QED) is 0.559. The maximum Gasteiger partial charge on any atom is 0.137 e. The third-order valence-electron chi connectivity index (χ3n) is 6.34. The molecule has 0 aromatic heterocycles. The van der Waals surface area contributed by atoms with E-state index in [-0.39, 0.29) is 23.9 Å². The number of nitrogens with zero attached hydrogens (tertiary/aromatic N) is 1. The molecule has 1 heterocycles. The van der Waals surface area contributed by atoms with Crippen LogP contribution in [0, 0.1) is 11.8 Å². The molecule has 1 aliphatic heterocycles. The summed E-state index contributed by atoms with van der Waals surface area (Å²) in [6.45, 7) is 5.43. The maximum atomic E-state index is 11.7. The van der Waals surface area contributed by atoms with Gasteiger partial charge in [-0.3, -0.25) is 0 Å². The second-order valence-corrected chi connectivity index (χ2v) is 9.12. The van der Waals surface area contributed by atoms with Crippen molar-refractivity contribution in [2.45, 2.75) is 32.5 Å². The molecule has 0 aliphatic carbocycles. The average molecular weight is 437 g/mol. The Hall–Kier alpha value is -2.56. The van der Waals surface area contributed by atoms with E-state index in [0.717, 1.165) is 16.5 Å².